The molecule has 126 valence electrons. The smallest absolute Gasteiger partial charge is 0.221 e. The van der Waals surface area contributed by atoms with Crippen LogP contribution in [0.1, 0.15) is 18.1 Å². The van der Waals surface area contributed by atoms with Crippen molar-refractivity contribution in [2.75, 3.05) is 18.4 Å². The van der Waals surface area contributed by atoms with Crippen molar-refractivity contribution < 1.29 is 13.9 Å². The molecular formula is C19H21FN2O2. The number of halogens is 1. The molecule has 0 unspecified atom stereocenters. The predicted molar refractivity (Wildman–Crippen MR) is 91.6 cm³/mol. The standard InChI is InChI=1S/C19H21FN2O2/c1-13-9-17(7-8-19(13)20)24-18-11-22(12-18)10-15-3-5-16(6-4-15)21-14(2)23/h3-9,18H,10-12H2,1-2H3,(H,21,23). The van der Waals surface area contributed by atoms with Gasteiger partial charge in [-0.25, -0.2) is 4.39 Å². The van der Waals surface area contributed by atoms with E-state index in [1.807, 2.05) is 24.3 Å². The van der Waals surface area contributed by atoms with E-state index in [1.54, 1.807) is 19.1 Å². The van der Waals surface area contributed by atoms with Crippen LogP contribution in [0, 0.1) is 12.7 Å². The number of hydrogen-bond donors (Lipinski definition) is 1. The van der Waals surface area contributed by atoms with E-state index in [0.717, 1.165) is 31.1 Å². The molecule has 1 fully saturated rings. The second-order valence-electron chi connectivity index (χ2n) is 6.22. The van der Waals surface area contributed by atoms with Gasteiger partial charge in [0.1, 0.15) is 17.7 Å². The lowest BCUT2D eigenvalue weighted by atomic mass is 10.1. The molecule has 0 aromatic heterocycles. The maximum absolute atomic E-state index is 13.2. The van der Waals surface area contributed by atoms with Gasteiger partial charge in [-0.05, 0) is 48.4 Å². The number of rotatable bonds is 5. The molecule has 1 aliphatic heterocycles. The Morgan fingerprint density at radius 2 is 1.96 bits per heavy atom. The number of amides is 1. The SMILES string of the molecule is CC(=O)Nc1ccc(CN2CC(Oc3ccc(F)c(C)c3)C2)cc1. The molecule has 1 heterocycles. The fraction of sp³-hybridized carbons (Fsp3) is 0.316. The average molecular weight is 328 g/mol. The van der Waals surface area contributed by atoms with E-state index in [1.165, 1.54) is 18.6 Å². The summed E-state index contributed by atoms with van der Waals surface area (Å²) >= 11 is 0. The Bertz CT molecular complexity index is 725. The lowest BCUT2D eigenvalue weighted by molar-refractivity contribution is -0.114. The summed E-state index contributed by atoms with van der Waals surface area (Å²) in [5.74, 6) is 0.444. The molecule has 4 nitrogen and oxygen atoms in total. The van der Waals surface area contributed by atoms with Crippen LogP contribution in [-0.2, 0) is 11.3 Å². The van der Waals surface area contributed by atoms with Crippen LogP contribution in [0.5, 0.6) is 5.75 Å². The van der Waals surface area contributed by atoms with Gasteiger partial charge in [-0.3, -0.25) is 9.69 Å². The molecule has 2 aromatic rings. The van der Waals surface area contributed by atoms with E-state index < -0.39 is 0 Å². The van der Waals surface area contributed by atoms with Crippen molar-refractivity contribution in [3.63, 3.8) is 0 Å². The Balaban J connectivity index is 1.46. The summed E-state index contributed by atoms with van der Waals surface area (Å²) in [5.41, 5.74) is 2.60. The van der Waals surface area contributed by atoms with Gasteiger partial charge in [-0.2, -0.15) is 0 Å². The first-order valence-electron chi connectivity index (χ1n) is 8.01. The highest BCUT2D eigenvalue weighted by Gasteiger charge is 2.28. The molecule has 0 bridgehead atoms. The summed E-state index contributed by atoms with van der Waals surface area (Å²) in [4.78, 5) is 13.3. The minimum absolute atomic E-state index is 0.0680. The van der Waals surface area contributed by atoms with E-state index >= 15 is 0 Å². The van der Waals surface area contributed by atoms with Gasteiger partial charge in [-0.1, -0.05) is 12.1 Å². The highest BCUT2D eigenvalue weighted by molar-refractivity contribution is 5.88. The first-order valence-corrected chi connectivity index (χ1v) is 8.01. The molecule has 0 radical (unpaired) electrons. The first-order chi connectivity index (χ1) is 11.5. The zero-order valence-electron chi connectivity index (χ0n) is 13.9. The number of anilines is 1. The topological polar surface area (TPSA) is 41.6 Å². The quantitative estimate of drug-likeness (QED) is 0.915. The lowest BCUT2D eigenvalue weighted by Gasteiger charge is -2.39. The van der Waals surface area contributed by atoms with Crippen molar-refractivity contribution in [1.82, 2.24) is 4.90 Å². The third kappa shape index (κ3) is 4.11. The average Bonchev–Trinajstić information content (AvgIpc) is 2.50. The van der Waals surface area contributed by atoms with Gasteiger partial charge in [0.05, 0.1) is 0 Å². The summed E-state index contributed by atoms with van der Waals surface area (Å²) in [6.45, 7) is 5.78. The van der Waals surface area contributed by atoms with Crippen LogP contribution in [0.15, 0.2) is 42.5 Å². The number of likely N-dealkylation sites (tertiary alicyclic amines) is 1. The van der Waals surface area contributed by atoms with Crippen LogP contribution in [-0.4, -0.2) is 30.0 Å². The van der Waals surface area contributed by atoms with E-state index in [2.05, 4.69) is 10.2 Å². The third-order valence-electron chi connectivity index (χ3n) is 4.04. The number of ether oxygens (including phenoxy) is 1. The molecule has 0 atom stereocenters. The van der Waals surface area contributed by atoms with Gasteiger partial charge >= 0.3 is 0 Å². The summed E-state index contributed by atoms with van der Waals surface area (Å²) in [6.07, 6.45) is 0.147. The number of carbonyl (C=O) groups excluding carboxylic acids is 1. The van der Waals surface area contributed by atoms with Crippen molar-refractivity contribution in [3.8, 4) is 5.75 Å². The van der Waals surface area contributed by atoms with Crippen molar-refractivity contribution in [2.45, 2.75) is 26.5 Å². The van der Waals surface area contributed by atoms with E-state index in [9.17, 15) is 9.18 Å². The summed E-state index contributed by atoms with van der Waals surface area (Å²) in [5, 5.41) is 2.76. The van der Waals surface area contributed by atoms with Crippen LogP contribution in [0.3, 0.4) is 0 Å². The Morgan fingerprint density at radius 1 is 1.25 bits per heavy atom. The molecule has 5 heteroatoms. The van der Waals surface area contributed by atoms with Gasteiger partial charge < -0.3 is 10.1 Å². The van der Waals surface area contributed by atoms with Crippen LogP contribution < -0.4 is 10.1 Å². The van der Waals surface area contributed by atoms with E-state index in [0.29, 0.717) is 5.56 Å². The van der Waals surface area contributed by atoms with Crippen molar-refractivity contribution in [3.05, 3.63) is 59.4 Å². The summed E-state index contributed by atoms with van der Waals surface area (Å²) < 4.78 is 19.1. The Labute approximate surface area is 141 Å². The fourth-order valence-electron chi connectivity index (χ4n) is 2.76. The molecule has 1 aliphatic rings. The Morgan fingerprint density at radius 3 is 2.58 bits per heavy atom. The minimum atomic E-state index is -0.208. The number of carbonyl (C=O) groups is 1. The highest BCUT2D eigenvalue weighted by Crippen LogP contribution is 2.22. The van der Waals surface area contributed by atoms with E-state index in [4.69, 9.17) is 4.74 Å². The molecule has 0 spiro atoms. The number of nitrogens with one attached hydrogen (secondary N) is 1. The fourth-order valence-corrected chi connectivity index (χ4v) is 2.76. The predicted octanol–water partition coefficient (Wildman–Crippen LogP) is 3.36. The maximum Gasteiger partial charge on any atom is 0.221 e. The number of benzene rings is 2. The molecule has 1 N–H and O–H groups in total. The second kappa shape index (κ2) is 7.01. The Kier molecular flexibility index (Phi) is 4.81. The van der Waals surface area contributed by atoms with Gasteiger partial charge in [0.15, 0.2) is 0 Å². The van der Waals surface area contributed by atoms with E-state index in [-0.39, 0.29) is 17.8 Å². The van der Waals surface area contributed by atoms with Crippen LogP contribution >= 0.6 is 0 Å². The van der Waals surface area contributed by atoms with Crippen molar-refractivity contribution in [2.24, 2.45) is 0 Å². The van der Waals surface area contributed by atoms with Gasteiger partial charge in [0.2, 0.25) is 5.91 Å². The minimum Gasteiger partial charge on any atom is -0.488 e. The monoisotopic (exact) mass is 328 g/mol. The van der Waals surface area contributed by atoms with Crippen LogP contribution in [0.25, 0.3) is 0 Å². The van der Waals surface area contributed by atoms with Crippen molar-refractivity contribution >= 4 is 11.6 Å². The summed E-state index contributed by atoms with van der Waals surface area (Å²) in [6, 6.07) is 12.7. The van der Waals surface area contributed by atoms with Gasteiger partial charge in [0.25, 0.3) is 0 Å². The second-order valence-corrected chi connectivity index (χ2v) is 6.22. The third-order valence-corrected chi connectivity index (χ3v) is 4.04. The van der Waals surface area contributed by atoms with Crippen LogP contribution in [0.2, 0.25) is 0 Å². The normalized spacial score (nSPS) is 15.0. The number of hydrogen-bond acceptors (Lipinski definition) is 3. The molecule has 3 rings (SSSR count). The zero-order chi connectivity index (χ0) is 17.1. The van der Waals surface area contributed by atoms with Crippen LogP contribution in [0.4, 0.5) is 10.1 Å². The summed E-state index contributed by atoms with van der Waals surface area (Å²) in [7, 11) is 0. The number of aryl methyl sites for hydroxylation is 1. The number of nitrogens with zero attached hydrogens (tertiary/aromatic N) is 1. The lowest BCUT2D eigenvalue weighted by Crippen LogP contribution is -2.53. The molecular weight excluding hydrogens is 307 g/mol. The molecule has 24 heavy (non-hydrogen) atoms. The molecule has 0 saturated carbocycles. The van der Waals surface area contributed by atoms with Crippen molar-refractivity contribution in [1.29, 1.82) is 0 Å². The highest BCUT2D eigenvalue weighted by atomic mass is 19.1. The largest absolute Gasteiger partial charge is 0.488 e. The zero-order valence-corrected chi connectivity index (χ0v) is 13.9. The molecule has 1 amide bonds. The molecule has 1 saturated heterocycles. The maximum atomic E-state index is 13.2. The molecule has 0 aliphatic carbocycles. The van der Waals surface area contributed by atoms with Gasteiger partial charge in [-0.15, -0.1) is 0 Å². The van der Waals surface area contributed by atoms with Gasteiger partial charge in [0, 0.05) is 32.2 Å². The molecule has 2 aromatic carbocycles. The first kappa shape index (κ1) is 16.5. The Hall–Kier alpha value is -2.40.